The molecule has 1 aromatic heterocycles. The Morgan fingerprint density at radius 1 is 1.35 bits per heavy atom. The maximum absolute atomic E-state index is 12.1. The fourth-order valence-corrected chi connectivity index (χ4v) is 2.17. The van der Waals surface area contributed by atoms with Crippen molar-refractivity contribution in [3.8, 4) is 0 Å². The SMILES string of the molecule is CN(C)C(=O)CNC(=O)c1cc2c(Cl)cccc2n1C. The van der Waals surface area contributed by atoms with Crippen LogP contribution in [-0.2, 0) is 11.8 Å². The van der Waals surface area contributed by atoms with Gasteiger partial charge >= 0.3 is 0 Å². The van der Waals surface area contributed by atoms with Crippen LogP contribution in [-0.4, -0.2) is 41.9 Å². The second-order valence-electron chi connectivity index (χ2n) is 4.73. The number of halogens is 1. The normalized spacial score (nSPS) is 10.6. The number of nitrogens with one attached hydrogen (secondary N) is 1. The van der Waals surface area contributed by atoms with Gasteiger partial charge in [-0.25, -0.2) is 0 Å². The average molecular weight is 294 g/mol. The first-order chi connectivity index (χ1) is 9.41. The monoisotopic (exact) mass is 293 g/mol. The third kappa shape index (κ3) is 2.63. The first-order valence-electron chi connectivity index (χ1n) is 6.14. The van der Waals surface area contributed by atoms with Crippen LogP contribution in [0.2, 0.25) is 5.02 Å². The van der Waals surface area contributed by atoms with E-state index in [1.165, 1.54) is 4.90 Å². The summed E-state index contributed by atoms with van der Waals surface area (Å²) in [4.78, 5) is 25.0. The Kier molecular flexibility index (Phi) is 3.99. The van der Waals surface area contributed by atoms with E-state index in [4.69, 9.17) is 11.6 Å². The van der Waals surface area contributed by atoms with Crippen molar-refractivity contribution in [1.82, 2.24) is 14.8 Å². The third-order valence-electron chi connectivity index (χ3n) is 3.17. The summed E-state index contributed by atoms with van der Waals surface area (Å²) in [6.45, 7) is -0.0267. The molecule has 2 amide bonds. The van der Waals surface area contributed by atoms with E-state index in [0.29, 0.717) is 10.7 Å². The number of aryl methyl sites for hydroxylation is 1. The molecule has 1 N–H and O–H groups in total. The minimum absolute atomic E-state index is 0.0267. The third-order valence-corrected chi connectivity index (χ3v) is 3.49. The number of hydrogen-bond donors (Lipinski definition) is 1. The van der Waals surface area contributed by atoms with Crippen molar-refractivity contribution < 1.29 is 9.59 Å². The zero-order valence-electron chi connectivity index (χ0n) is 11.6. The number of rotatable bonds is 3. The Morgan fingerprint density at radius 2 is 2.05 bits per heavy atom. The fraction of sp³-hybridized carbons (Fsp3) is 0.286. The van der Waals surface area contributed by atoms with Crippen molar-refractivity contribution in [3.63, 3.8) is 0 Å². The van der Waals surface area contributed by atoms with Gasteiger partial charge in [0, 0.05) is 37.1 Å². The molecule has 1 aromatic carbocycles. The Morgan fingerprint density at radius 3 is 2.65 bits per heavy atom. The zero-order chi connectivity index (χ0) is 14.9. The fourth-order valence-electron chi connectivity index (χ4n) is 1.95. The van der Waals surface area contributed by atoms with Crippen LogP contribution >= 0.6 is 11.6 Å². The number of benzene rings is 1. The lowest BCUT2D eigenvalue weighted by molar-refractivity contribution is -0.127. The van der Waals surface area contributed by atoms with Crippen LogP contribution in [0.1, 0.15) is 10.5 Å². The minimum atomic E-state index is -0.296. The Labute approximate surface area is 122 Å². The molecule has 1 heterocycles. The van der Waals surface area contributed by atoms with Crippen LogP contribution in [0.4, 0.5) is 0 Å². The van der Waals surface area contributed by atoms with E-state index in [9.17, 15) is 9.59 Å². The van der Waals surface area contributed by atoms with Gasteiger partial charge in [0.1, 0.15) is 5.69 Å². The summed E-state index contributed by atoms with van der Waals surface area (Å²) in [5.41, 5.74) is 1.35. The molecule has 0 aliphatic rings. The number of likely N-dealkylation sites (N-methyl/N-ethyl adjacent to an activating group) is 1. The summed E-state index contributed by atoms with van der Waals surface area (Å²) in [7, 11) is 5.08. The molecule has 2 aromatic rings. The summed E-state index contributed by atoms with van der Waals surface area (Å²) in [6.07, 6.45) is 0. The van der Waals surface area contributed by atoms with Gasteiger partial charge < -0.3 is 14.8 Å². The Hall–Kier alpha value is -2.01. The van der Waals surface area contributed by atoms with Gasteiger partial charge in [-0.3, -0.25) is 9.59 Å². The van der Waals surface area contributed by atoms with E-state index in [-0.39, 0.29) is 18.4 Å². The molecule has 20 heavy (non-hydrogen) atoms. The predicted molar refractivity (Wildman–Crippen MR) is 79.0 cm³/mol. The minimum Gasteiger partial charge on any atom is -0.347 e. The van der Waals surface area contributed by atoms with Crippen molar-refractivity contribution in [2.75, 3.05) is 20.6 Å². The van der Waals surface area contributed by atoms with Crippen LogP contribution in [0, 0.1) is 0 Å². The lowest BCUT2D eigenvalue weighted by Gasteiger charge is -2.11. The Balaban J connectivity index is 2.25. The molecule has 0 unspecified atom stereocenters. The summed E-state index contributed by atoms with van der Waals surface area (Å²) >= 11 is 6.11. The number of carbonyl (C=O) groups is 2. The van der Waals surface area contributed by atoms with Crippen LogP contribution in [0.3, 0.4) is 0 Å². The summed E-state index contributed by atoms with van der Waals surface area (Å²) in [5.74, 6) is -0.454. The molecule has 0 saturated heterocycles. The number of fused-ring (bicyclic) bond motifs is 1. The van der Waals surface area contributed by atoms with Gasteiger partial charge in [0.15, 0.2) is 0 Å². The first kappa shape index (κ1) is 14.4. The standard InChI is InChI=1S/C14H16ClN3O2/c1-17(2)13(19)8-16-14(20)12-7-9-10(15)5-4-6-11(9)18(12)3/h4-7H,8H2,1-3H3,(H,16,20). The second kappa shape index (κ2) is 5.54. The molecule has 6 heteroatoms. The van der Waals surface area contributed by atoms with Crippen molar-refractivity contribution in [2.24, 2.45) is 7.05 Å². The van der Waals surface area contributed by atoms with E-state index in [2.05, 4.69) is 5.32 Å². The highest BCUT2D eigenvalue weighted by atomic mass is 35.5. The molecule has 0 saturated carbocycles. The van der Waals surface area contributed by atoms with E-state index in [1.54, 1.807) is 37.8 Å². The number of aromatic nitrogens is 1. The van der Waals surface area contributed by atoms with Crippen LogP contribution in [0.15, 0.2) is 24.3 Å². The molecular formula is C14H16ClN3O2. The average Bonchev–Trinajstić information content (AvgIpc) is 2.75. The summed E-state index contributed by atoms with van der Waals surface area (Å²) in [6, 6.07) is 7.24. The predicted octanol–water partition coefficient (Wildman–Crippen LogP) is 1.65. The first-order valence-corrected chi connectivity index (χ1v) is 6.52. The van der Waals surface area contributed by atoms with Crippen LogP contribution in [0.5, 0.6) is 0 Å². The summed E-state index contributed by atoms with van der Waals surface area (Å²) < 4.78 is 1.76. The van der Waals surface area contributed by atoms with Crippen molar-refractivity contribution in [2.45, 2.75) is 0 Å². The van der Waals surface area contributed by atoms with Crippen molar-refractivity contribution >= 4 is 34.3 Å². The number of nitrogens with zero attached hydrogens (tertiary/aromatic N) is 2. The molecule has 2 rings (SSSR count). The van der Waals surface area contributed by atoms with Gasteiger partial charge in [-0.15, -0.1) is 0 Å². The zero-order valence-corrected chi connectivity index (χ0v) is 12.4. The molecule has 0 spiro atoms. The lowest BCUT2D eigenvalue weighted by atomic mass is 10.2. The molecule has 106 valence electrons. The van der Waals surface area contributed by atoms with E-state index in [0.717, 1.165) is 10.9 Å². The van der Waals surface area contributed by atoms with Gasteiger partial charge in [0.25, 0.3) is 5.91 Å². The molecule has 0 aliphatic heterocycles. The highest BCUT2D eigenvalue weighted by molar-refractivity contribution is 6.35. The molecule has 0 bridgehead atoms. The number of hydrogen-bond acceptors (Lipinski definition) is 2. The molecule has 0 radical (unpaired) electrons. The van der Waals surface area contributed by atoms with E-state index < -0.39 is 0 Å². The lowest BCUT2D eigenvalue weighted by Crippen LogP contribution is -2.36. The van der Waals surface area contributed by atoms with E-state index >= 15 is 0 Å². The highest BCUT2D eigenvalue weighted by Crippen LogP contribution is 2.26. The van der Waals surface area contributed by atoms with Crippen LogP contribution in [0.25, 0.3) is 10.9 Å². The second-order valence-corrected chi connectivity index (χ2v) is 5.14. The molecule has 0 atom stereocenters. The number of amides is 2. The van der Waals surface area contributed by atoms with Gasteiger partial charge in [0.05, 0.1) is 6.54 Å². The van der Waals surface area contributed by atoms with E-state index in [1.807, 2.05) is 12.1 Å². The topological polar surface area (TPSA) is 54.3 Å². The maximum Gasteiger partial charge on any atom is 0.268 e. The van der Waals surface area contributed by atoms with Gasteiger partial charge in [-0.2, -0.15) is 0 Å². The smallest absolute Gasteiger partial charge is 0.268 e. The molecule has 5 nitrogen and oxygen atoms in total. The van der Waals surface area contributed by atoms with Gasteiger partial charge in [0.2, 0.25) is 5.91 Å². The maximum atomic E-state index is 12.1. The highest BCUT2D eigenvalue weighted by Gasteiger charge is 2.15. The van der Waals surface area contributed by atoms with Gasteiger partial charge in [-0.1, -0.05) is 17.7 Å². The molecule has 0 fully saturated rings. The Bertz CT molecular complexity index is 676. The quantitative estimate of drug-likeness (QED) is 0.935. The largest absolute Gasteiger partial charge is 0.347 e. The van der Waals surface area contributed by atoms with Crippen LogP contribution < -0.4 is 5.32 Å². The van der Waals surface area contributed by atoms with Crippen molar-refractivity contribution in [1.29, 1.82) is 0 Å². The molecule has 0 aliphatic carbocycles. The van der Waals surface area contributed by atoms with Gasteiger partial charge in [-0.05, 0) is 18.2 Å². The molecular weight excluding hydrogens is 278 g/mol. The summed E-state index contributed by atoms with van der Waals surface area (Å²) in [5, 5.41) is 4.03. The van der Waals surface area contributed by atoms with Crippen molar-refractivity contribution in [3.05, 3.63) is 35.0 Å². The number of carbonyl (C=O) groups excluding carboxylic acids is 2.